The predicted molar refractivity (Wildman–Crippen MR) is 75.0 cm³/mol. The van der Waals surface area contributed by atoms with Crippen molar-refractivity contribution in [2.45, 2.75) is 26.7 Å². The Bertz CT molecular complexity index is 582. The molecule has 0 amide bonds. The van der Waals surface area contributed by atoms with Crippen LogP contribution in [0.1, 0.15) is 31.3 Å². The fourth-order valence-electron chi connectivity index (χ4n) is 1.58. The number of aryl methyl sites for hydroxylation is 1. The van der Waals surface area contributed by atoms with Gasteiger partial charge in [-0.2, -0.15) is 4.98 Å². The van der Waals surface area contributed by atoms with Gasteiger partial charge in [0, 0.05) is 28.2 Å². The highest BCUT2D eigenvalue weighted by Crippen LogP contribution is 2.26. The summed E-state index contributed by atoms with van der Waals surface area (Å²) in [6.45, 7) is 5.90. The van der Waals surface area contributed by atoms with Crippen LogP contribution in [0.4, 0.5) is 4.39 Å². The van der Waals surface area contributed by atoms with Crippen LogP contribution >= 0.6 is 15.9 Å². The van der Waals surface area contributed by atoms with Crippen LogP contribution in [-0.4, -0.2) is 9.97 Å². The Balaban J connectivity index is 2.32. The summed E-state index contributed by atoms with van der Waals surface area (Å²) in [6.07, 6.45) is 0. The third-order valence-electron chi connectivity index (χ3n) is 2.42. The van der Waals surface area contributed by atoms with Crippen LogP contribution in [0.2, 0.25) is 0 Å². The molecule has 3 nitrogen and oxygen atoms in total. The SMILES string of the molecule is Cc1cc(Oc2cc(F)cc(Br)c2)nc(C(C)C)n1. The largest absolute Gasteiger partial charge is 0.439 e. The molecule has 5 heteroatoms. The Morgan fingerprint density at radius 2 is 1.89 bits per heavy atom. The predicted octanol–water partition coefficient (Wildman–Crippen LogP) is 4.60. The van der Waals surface area contributed by atoms with Crippen molar-refractivity contribution in [3.63, 3.8) is 0 Å². The van der Waals surface area contributed by atoms with Gasteiger partial charge in [0.05, 0.1) is 0 Å². The number of rotatable bonds is 3. The van der Waals surface area contributed by atoms with Crippen molar-refractivity contribution >= 4 is 15.9 Å². The molecule has 2 aromatic rings. The van der Waals surface area contributed by atoms with Gasteiger partial charge in [-0.3, -0.25) is 0 Å². The second-order valence-corrected chi connectivity index (χ2v) is 5.48. The van der Waals surface area contributed by atoms with E-state index in [2.05, 4.69) is 25.9 Å². The summed E-state index contributed by atoms with van der Waals surface area (Å²) in [5.74, 6) is 1.39. The van der Waals surface area contributed by atoms with Gasteiger partial charge in [-0.1, -0.05) is 29.8 Å². The number of hydrogen-bond donors (Lipinski definition) is 0. The molecule has 0 aliphatic rings. The zero-order valence-corrected chi connectivity index (χ0v) is 12.5. The number of aromatic nitrogens is 2. The van der Waals surface area contributed by atoms with Crippen molar-refractivity contribution in [2.24, 2.45) is 0 Å². The van der Waals surface area contributed by atoms with E-state index >= 15 is 0 Å². The zero-order valence-electron chi connectivity index (χ0n) is 10.9. The fourth-order valence-corrected chi connectivity index (χ4v) is 2.02. The van der Waals surface area contributed by atoms with Crippen LogP contribution in [0, 0.1) is 12.7 Å². The van der Waals surface area contributed by atoms with Gasteiger partial charge in [-0.15, -0.1) is 0 Å². The highest BCUT2D eigenvalue weighted by Gasteiger charge is 2.08. The second kappa shape index (κ2) is 5.65. The summed E-state index contributed by atoms with van der Waals surface area (Å²) in [5, 5.41) is 0. The molecule has 0 aliphatic carbocycles. The molecular weight excluding hydrogens is 311 g/mol. The van der Waals surface area contributed by atoms with Gasteiger partial charge in [0.25, 0.3) is 0 Å². The van der Waals surface area contributed by atoms with Crippen molar-refractivity contribution in [3.05, 3.63) is 46.1 Å². The van der Waals surface area contributed by atoms with Crippen molar-refractivity contribution in [1.82, 2.24) is 9.97 Å². The van der Waals surface area contributed by atoms with E-state index in [-0.39, 0.29) is 11.7 Å². The third-order valence-corrected chi connectivity index (χ3v) is 2.88. The summed E-state index contributed by atoms with van der Waals surface area (Å²) in [5.41, 5.74) is 0.823. The average Bonchev–Trinajstić information content (AvgIpc) is 2.26. The fraction of sp³-hybridized carbons (Fsp3) is 0.286. The molecule has 0 saturated carbocycles. The first kappa shape index (κ1) is 13.9. The van der Waals surface area contributed by atoms with Crippen LogP contribution in [0.15, 0.2) is 28.7 Å². The molecule has 100 valence electrons. The Kier molecular flexibility index (Phi) is 4.14. The minimum absolute atomic E-state index is 0.210. The van der Waals surface area contributed by atoms with Crippen molar-refractivity contribution in [2.75, 3.05) is 0 Å². The Morgan fingerprint density at radius 3 is 2.53 bits per heavy atom. The molecule has 0 spiro atoms. The van der Waals surface area contributed by atoms with E-state index in [9.17, 15) is 4.39 Å². The molecular formula is C14H14BrFN2O. The van der Waals surface area contributed by atoms with Gasteiger partial charge >= 0.3 is 0 Å². The van der Waals surface area contributed by atoms with Gasteiger partial charge in [0.15, 0.2) is 0 Å². The molecule has 0 unspecified atom stereocenters. The second-order valence-electron chi connectivity index (χ2n) is 4.57. The van der Waals surface area contributed by atoms with Gasteiger partial charge in [-0.25, -0.2) is 9.37 Å². The molecule has 1 aromatic heterocycles. The molecule has 0 fully saturated rings. The Morgan fingerprint density at radius 1 is 1.16 bits per heavy atom. The molecule has 19 heavy (non-hydrogen) atoms. The van der Waals surface area contributed by atoms with E-state index in [1.807, 2.05) is 20.8 Å². The molecule has 0 bridgehead atoms. The van der Waals surface area contributed by atoms with Crippen molar-refractivity contribution in [3.8, 4) is 11.6 Å². The maximum absolute atomic E-state index is 13.3. The number of benzene rings is 1. The highest BCUT2D eigenvalue weighted by molar-refractivity contribution is 9.10. The molecule has 1 aromatic carbocycles. The first-order valence-electron chi connectivity index (χ1n) is 5.93. The Labute approximate surface area is 120 Å². The third kappa shape index (κ3) is 3.73. The van der Waals surface area contributed by atoms with Crippen molar-refractivity contribution in [1.29, 1.82) is 0 Å². The maximum atomic E-state index is 13.3. The van der Waals surface area contributed by atoms with Gasteiger partial charge in [0.2, 0.25) is 5.88 Å². The molecule has 0 saturated heterocycles. The first-order valence-corrected chi connectivity index (χ1v) is 6.73. The van der Waals surface area contributed by atoms with Crippen molar-refractivity contribution < 1.29 is 9.13 Å². The van der Waals surface area contributed by atoms with E-state index in [4.69, 9.17) is 4.74 Å². The lowest BCUT2D eigenvalue weighted by Crippen LogP contribution is -2.01. The van der Waals surface area contributed by atoms with Gasteiger partial charge in [-0.05, 0) is 19.1 Å². The Hall–Kier alpha value is -1.49. The lowest BCUT2D eigenvalue weighted by atomic mass is 10.2. The topological polar surface area (TPSA) is 35.0 Å². The molecule has 0 atom stereocenters. The number of halogens is 2. The molecule has 0 N–H and O–H groups in total. The van der Waals surface area contributed by atoms with E-state index in [1.165, 1.54) is 12.1 Å². The summed E-state index contributed by atoms with van der Waals surface area (Å²) < 4.78 is 19.5. The summed E-state index contributed by atoms with van der Waals surface area (Å²) in [7, 11) is 0. The number of ether oxygens (including phenoxy) is 1. The maximum Gasteiger partial charge on any atom is 0.222 e. The number of hydrogen-bond acceptors (Lipinski definition) is 3. The van der Waals surface area contributed by atoms with Crippen LogP contribution in [0.5, 0.6) is 11.6 Å². The zero-order chi connectivity index (χ0) is 14.0. The quantitative estimate of drug-likeness (QED) is 0.827. The molecule has 0 radical (unpaired) electrons. The summed E-state index contributed by atoms with van der Waals surface area (Å²) >= 11 is 3.23. The lowest BCUT2D eigenvalue weighted by Gasteiger charge is -2.09. The summed E-state index contributed by atoms with van der Waals surface area (Å²) in [6, 6.07) is 6.11. The van der Waals surface area contributed by atoms with Gasteiger partial charge in [0.1, 0.15) is 17.4 Å². The molecule has 0 aliphatic heterocycles. The van der Waals surface area contributed by atoms with E-state index in [0.29, 0.717) is 21.9 Å². The highest BCUT2D eigenvalue weighted by atomic mass is 79.9. The smallest absolute Gasteiger partial charge is 0.222 e. The minimum Gasteiger partial charge on any atom is -0.439 e. The number of nitrogens with zero attached hydrogens (tertiary/aromatic N) is 2. The van der Waals surface area contributed by atoms with Crippen LogP contribution < -0.4 is 4.74 Å². The first-order chi connectivity index (χ1) is 8.94. The average molecular weight is 325 g/mol. The lowest BCUT2D eigenvalue weighted by molar-refractivity contribution is 0.451. The van der Waals surface area contributed by atoms with E-state index < -0.39 is 0 Å². The van der Waals surface area contributed by atoms with Crippen LogP contribution in [0.25, 0.3) is 0 Å². The normalized spacial score (nSPS) is 10.8. The monoisotopic (exact) mass is 324 g/mol. The standard InChI is InChI=1S/C14H14BrFN2O/c1-8(2)14-17-9(3)4-13(18-14)19-12-6-10(15)5-11(16)7-12/h4-8H,1-3H3. The van der Waals surface area contributed by atoms with Crippen LogP contribution in [0.3, 0.4) is 0 Å². The van der Waals surface area contributed by atoms with Gasteiger partial charge < -0.3 is 4.74 Å². The van der Waals surface area contributed by atoms with E-state index in [0.717, 1.165) is 5.69 Å². The van der Waals surface area contributed by atoms with E-state index in [1.54, 1.807) is 12.1 Å². The van der Waals surface area contributed by atoms with Crippen LogP contribution in [-0.2, 0) is 0 Å². The minimum atomic E-state index is -0.362. The summed E-state index contributed by atoms with van der Waals surface area (Å²) in [4.78, 5) is 8.65. The molecule has 2 rings (SSSR count). The molecule has 1 heterocycles.